The number of aliphatic carboxylic acids is 1. The number of carbonyl (C=O) groups excluding carboxylic acids is 1. The van der Waals surface area contributed by atoms with Gasteiger partial charge in [0.05, 0.1) is 11.6 Å². The molecule has 0 unspecified atom stereocenters. The van der Waals surface area contributed by atoms with Crippen LogP contribution in [-0.4, -0.2) is 17.0 Å². The second-order valence-electron chi connectivity index (χ2n) is 4.66. The van der Waals surface area contributed by atoms with E-state index >= 15 is 0 Å². The molecule has 0 aliphatic heterocycles. The van der Waals surface area contributed by atoms with Gasteiger partial charge in [0.2, 0.25) is 5.91 Å². The highest BCUT2D eigenvalue weighted by Crippen LogP contribution is 2.33. The van der Waals surface area contributed by atoms with E-state index in [2.05, 4.69) is 37.2 Å². The van der Waals surface area contributed by atoms with Gasteiger partial charge in [-0.05, 0) is 53.4 Å². The average Bonchev–Trinajstić information content (AvgIpc) is 2.83. The van der Waals surface area contributed by atoms with Gasteiger partial charge in [0.25, 0.3) is 0 Å². The van der Waals surface area contributed by atoms with Gasteiger partial charge in [-0.2, -0.15) is 0 Å². The lowest BCUT2D eigenvalue weighted by molar-refractivity contribution is -0.141. The van der Waals surface area contributed by atoms with Gasteiger partial charge in [0.15, 0.2) is 0 Å². The maximum absolute atomic E-state index is 12.1. The van der Waals surface area contributed by atoms with Gasteiger partial charge in [0, 0.05) is 14.9 Å². The molecular weight excluding hydrogens is 378 g/mol. The van der Waals surface area contributed by atoms with Crippen LogP contribution in [0.1, 0.15) is 19.3 Å². The zero-order chi connectivity index (χ0) is 14.0. The van der Waals surface area contributed by atoms with Crippen LogP contribution in [-0.2, 0) is 9.59 Å². The van der Waals surface area contributed by atoms with Crippen LogP contribution in [0, 0.1) is 11.8 Å². The molecule has 4 nitrogen and oxygen atoms in total. The maximum Gasteiger partial charge on any atom is 0.306 e. The number of nitrogens with one attached hydrogen (secondary N) is 1. The van der Waals surface area contributed by atoms with E-state index in [1.807, 2.05) is 18.2 Å². The predicted octanol–water partition coefficient (Wildman–Crippen LogP) is 3.65. The topological polar surface area (TPSA) is 66.4 Å². The van der Waals surface area contributed by atoms with Crippen molar-refractivity contribution in [1.29, 1.82) is 0 Å². The molecule has 2 atom stereocenters. The zero-order valence-corrected chi connectivity index (χ0v) is 13.2. The largest absolute Gasteiger partial charge is 0.481 e. The quantitative estimate of drug-likeness (QED) is 0.827. The number of amides is 1. The van der Waals surface area contributed by atoms with E-state index in [1.165, 1.54) is 0 Å². The number of carboxylic acids is 1. The van der Waals surface area contributed by atoms with E-state index in [1.54, 1.807) is 0 Å². The van der Waals surface area contributed by atoms with E-state index in [0.29, 0.717) is 24.9 Å². The van der Waals surface area contributed by atoms with Crippen LogP contribution in [0.25, 0.3) is 0 Å². The van der Waals surface area contributed by atoms with Gasteiger partial charge in [-0.3, -0.25) is 9.59 Å². The van der Waals surface area contributed by atoms with Crippen molar-refractivity contribution >= 4 is 49.4 Å². The van der Waals surface area contributed by atoms with E-state index in [4.69, 9.17) is 5.11 Å². The summed E-state index contributed by atoms with van der Waals surface area (Å²) in [5, 5.41) is 11.8. The van der Waals surface area contributed by atoms with Gasteiger partial charge >= 0.3 is 5.97 Å². The van der Waals surface area contributed by atoms with Gasteiger partial charge in [-0.1, -0.05) is 15.9 Å². The second-order valence-corrected chi connectivity index (χ2v) is 6.43. The molecule has 1 aliphatic rings. The van der Waals surface area contributed by atoms with Crippen molar-refractivity contribution in [1.82, 2.24) is 0 Å². The summed E-state index contributed by atoms with van der Waals surface area (Å²) < 4.78 is 1.68. The molecule has 102 valence electrons. The molecule has 1 amide bonds. The Kier molecular flexibility index (Phi) is 4.62. The Bertz CT molecular complexity index is 519. The van der Waals surface area contributed by atoms with Crippen molar-refractivity contribution < 1.29 is 14.7 Å². The first-order valence-electron chi connectivity index (χ1n) is 5.96. The summed E-state index contributed by atoms with van der Waals surface area (Å²) in [6.07, 6.45) is 1.63. The standard InChI is InChI=1S/C13H13Br2NO3/c14-9-3-4-10(15)11(6-9)16-12(17)7-1-2-8(5-7)13(18)19/h3-4,6-8H,1-2,5H2,(H,16,17)(H,18,19)/t7-,8+/m1/s1. The number of carboxylic acid groups (broad SMARTS) is 1. The maximum atomic E-state index is 12.1. The molecule has 0 heterocycles. The highest BCUT2D eigenvalue weighted by atomic mass is 79.9. The van der Waals surface area contributed by atoms with Crippen LogP contribution in [0.3, 0.4) is 0 Å². The minimum absolute atomic E-state index is 0.109. The van der Waals surface area contributed by atoms with Crippen LogP contribution in [0.5, 0.6) is 0 Å². The molecule has 2 N–H and O–H groups in total. The molecule has 1 aromatic rings. The lowest BCUT2D eigenvalue weighted by Crippen LogP contribution is -2.21. The lowest BCUT2D eigenvalue weighted by atomic mass is 10.0. The third kappa shape index (κ3) is 3.57. The van der Waals surface area contributed by atoms with Crippen LogP contribution < -0.4 is 5.32 Å². The number of halogens is 2. The molecule has 0 radical (unpaired) electrons. The first-order chi connectivity index (χ1) is 8.97. The highest BCUT2D eigenvalue weighted by Gasteiger charge is 2.33. The van der Waals surface area contributed by atoms with Crippen molar-refractivity contribution in [3.05, 3.63) is 27.1 Å². The van der Waals surface area contributed by atoms with Crippen molar-refractivity contribution in [3.63, 3.8) is 0 Å². The first-order valence-corrected chi connectivity index (χ1v) is 7.54. The monoisotopic (exact) mass is 389 g/mol. The molecular formula is C13H13Br2NO3. The molecule has 0 aromatic heterocycles. The van der Waals surface area contributed by atoms with Gasteiger partial charge in [-0.15, -0.1) is 0 Å². The number of rotatable bonds is 3. The van der Waals surface area contributed by atoms with Crippen molar-refractivity contribution in [2.75, 3.05) is 5.32 Å². The first kappa shape index (κ1) is 14.5. The normalized spacial score (nSPS) is 22.2. The van der Waals surface area contributed by atoms with Crippen LogP contribution in [0.4, 0.5) is 5.69 Å². The summed E-state index contributed by atoms with van der Waals surface area (Å²) >= 11 is 6.72. The molecule has 1 saturated carbocycles. The Hall–Kier alpha value is -0.880. The Morgan fingerprint density at radius 1 is 1.21 bits per heavy atom. The van der Waals surface area contributed by atoms with Crippen LogP contribution in [0.15, 0.2) is 27.1 Å². The fourth-order valence-electron chi connectivity index (χ4n) is 2.27. The third-order valence-corrected chi connectivity index (χ3v) is 4.52. The summed E-state index contributed by atoms with van der Waals surface area (Å²) in [7, 11) is 0. The average molecular weight is 391 g/mol. The summed E-state index contributed by atoms with van der Waals surface area (Å²) in [5.41, 5.74) is 0.693. The van der Waals surface area contributed by atoms with Gasteiger partial charge in [0.1, 0.15) is 0 Å². The van der Waals surface area contributed by atoms with Gasteiger partial charge < -0.3 is 10.4 Å². The molecule has 1 aromatic carbocycles. The molecule has 0 bridgehead atoms. The minimum atomic E-state index is -0.807. The number of anilines is 1. The molecule has 19 heavy (non-hydrogen) atoms. The number of hydrogen-bond donors (Lipinski definition) is 2. The van der Waals surface area contributed by atoms with Crippen molar-refractivity contribution in [2.45, 2.75) is 19.3 Å². The van der Waals surface area contributed by atoms with Gasteiger partial charge in [-0.25, -0.2) is 0 Å². The summed E-state index contributed by atoms with van der Waals surface area (Å²) in [6.45, 7) is 0. The predicted molar refractivity (Wildman–Crippen MR) is 78.9 cm³/mol. The number of carbonyl (C=O) groups is 2. The highest BCUT2D eigenvalue weighted by molar-refractivity contribution is 9.11. The fraction of sp³-hybridized carbons (Fsp3) is 0.385. The summed E-state index contributed by atoms with van der Waals surface area (Å²) in [6, 6.07) is 5.52. The number of hydrogen-bond acceptors (Lipinski definition) is 2. The van der Waals surface area contributed by atoms with E-state index in [0.717, 1.165) is 8.95 Å². The van der Waals surface area contributed by atoms with E-state index in [-0.39, 0.29) is 17.7 Å². The Morgan fingerprint density at radius 2 is 1.89 bits per heavy atom. The van der Waals surface area contributed by atoms with Crippen LogP contribution >= 0.6 is 31.9 Å². The summed E-state index contributed by atoms with van der Waals surface area (Å²) in [5.74, 6) is -1.52. The van der Waals surface area contributed by atoms with E-state index < -0.39 is 5.97 Å². The molecule has 6 heteroatoms. The Balaban J connectivity index is 2.02. The molecule has 0 saturated heterocycles. The molecule has 0 spiro atoms. The zero-order valence-electron chi connectivity index (χ0n) is 10.0. The molecule has 1 aliphatic carbocycles. The fourth-order valence-corrected chi connectivity index (χ4v) is 2.98. The second kappa shape index (κ2) is 6.05. The van der Waals surface area contributed by atoms with Crippen molar-refractivity contribution in [2.24, 2.45) is 11.8 Å². The van der Waals surface area contributed by atoms with E-state index in [9.17, 15) is 9.59 Å². The van der Waals surface area contributed by atoms with Crippen LogP contribution in [0.2, 0.25) is 0 Å². The molecule has 1 fully saturated rings. The molecule has 2 rings (SSSR count). The van der Waals surface area contributed by atoms with Crippen molar-refractivity contribution in [3.8, 4) is 0 Å². The third-order valence-electron chi connectivity index (χ3n) is 3.34. The SMILES string of the molecule is O=C(O)[C@H]1CC[C@@H](C(=O)Nc2cc(Br)ccc2Br)C1. The Labute approximate surface area is 127 Å². The smallest absolute Gasteiger partial charge is 0.306 e. The minimum Gasteiger partial charge on any atom is -0.481 e. The lowest BCUT2D eigenvalue weighted by Gasteiger charge is -2.12. The number of benzene rings is 1. The summed E-state index contributed by atoms with van der Waals surface area (Å²) in [4.78, 5) is 23.0. The Morgan fingerprint density at radius 3 is 2.53 bits per heavy atom.